The molecule has 0 radical (unpaired) electrons. The van der Waals surface area contributed by atoms with Gasteiger partial charge in [-0.15, -0.1) is 0 Å². The van der Waals surface area contributed by atoms with Crippen LogP contribution in [0.2, 0.25) is 5.02 Å². The fraction of sp³-hybridized carbons (Fsp3) is 0.409. The van der Waals surface area contributed by atoms with Gasteiger partial charge in [0, 0.05) is 10.6 Å². The maximum Gasteiger partial charge on any atom is 0.180 e. The molecule has 4 rings (SSSR count). The van der Waals surface area contributed by atoms with Crippen molar-refractivity contribution in [3.8, 4) is 0 Å². The molecule has 2 aliphatic rings. The van der Waals surface area contributed by atoms with E-state index in [2.05, 4.69) is 34.1 Å². The third-order valence-electron chi connectivity index (χ3n) is 6.11. The Hall–Kier alpha value is -1.12. The molecule has 0 aromatic heterocycles. The molecule has 2 aromatic rings. The minimum atomic E-state index is -0.369. The van der Waals surface area contributed by atoms with E-state index in [1.54, 1.807) is 0 Å². The molecule has 1 fully saturated rings. The molecule has 0 saturated heterocycles. The van der Waals surface area contributed by atoms with Gasteiger partial charge in [-0.1, -0.05) is 63.9 Å². The van der Waals surface area contributed by atoms with Crippen LogP contribution < -0.4 is 0 Å². The van der Waals surface area contributed by atoms with Gasteiger partial charge in [-0.3, -0.25) is 4.79 Å². The summed E-state index contributed by atoms with van der Waals surface area (Å²) in [7, 11) is 0. The Labute approximate surface area is 162 Å². The van der Waals surface area contributed by atoms with Crippen molar-refractivity contribution in [2.75, 3.05) is 0 Å². The van der Waals surface area contributed by atoms with Crippen molar-refractivity contribution >= 4 is 33.3 Å². The van der Waals surface area contributed by atoms with Crippen molar-refractivity contribution in [2.24, 2.45) is 5.92 Å². The predicted octanol–water partition coefficient (Wildman–Crippen LogP) is 6.58. The number of Topliss-reactive ketones (excluding diaryl/α,β-unsaturated/α-hetero) is 1. The third kappa shape index (κ3) is 3.19. The highest BCUT2D eigenvalue weighted by Gasteiger charge is 2.47. The van der Waals surface area contributed by atoms with Crippen LogP contribution in [0.1, 0.15) is 59.5 Å². The summed E-state index contributed by atoms with van der Waals surface area (Å²) in [6, 6.07) is 16.4. The van der Waals surface area contributed by atoms with E-state index in [4.69, 9.17) is 11.6 Å². The van der Waals surface area contributed by atoms with Crippen LogP contribution in [-0.4, -0.2) is 10.1 Å². The molecule has 130 valence electrons. The highest BCUT2D eigenvalue weighted by molar-refractivity contribution is 9.10. The van der Waals surface area contributed by atoms with E-state index < -0.39 is 0 Å². The summed E-state index contributed by atoms with van der Waals surface area (Å²) < 4.78 is -0.369. The average molecular weight is 418 g/mol. The molecule has 0 aliphatic heterocycles. The number of hydrogen-bond donors (Lipinski definition) is 0. The van der Waals surface area contributed by atoms with E-state index >= 15 is 0 Å². The van der Waals surface area contributed by atoms with Crippen LogP contribution in [0.5, 0.6) is 0 Å². The van der Waals surface area contributed by atoms with Crippen LogP contribution in [0.25, 0.3) is 0 Å². The summed E-state index contributed by atoms with van der Waals surface area (Å²) in [5.74, 6) is 1.32. The molecule has 3 heteroatoms. The molecule has 1 atom stereocenters. The zero-order chi connectivity index (χ0) is 17.4. The van der Waals surface area contributed by atoms with Gasteiger partial charge in [0.2, 0.25) is 0 Å². The summed E-state index contributed by atoms with van der Waals surface area (Å²) >= 11 is 9.92. The number of carbonyl (C=O) groups is 1. The van der Waals surface area contributed by atoms with Gasteiger partial charge in [-0.05, 0) is 73.6 Å². The molecule has 25 heavy (non-hydrogen) atoms. The number of rotatable bonds is 2. The molecule has 2 aliphatic carbocycles. The molecule has 1 saturated carbocycles. The molecule has 0 bridgehead atoms. The Morgan fingerprint density at radius 3 is 2.36 bits per heavy atom. The average Bonchev–Trinajstić information content (AvgIpc) is 2.66. The number of fused-ring (bicyclic) bond motifs is 1. The smallest absolute Gasteiger partial charge is 0.180 e. The van der Waals surface area contributed by atoms with Gasteiger partial charge >= 0.3 is 0 Å². The number of hydrogen-bond acceptors (Lipinski definition) is 1. The molecule has 2 aromatic carbocycles. The number of alkyl halides is 1. The standard InChI is InChI=1S/C22H22BrClO/c23-22(14-13-17-3-1-2-4-20(17)21(22)25)18-9-5-15(6-10-18)16-7-11-19(24)12-8-16/h1-4,7-8,11-12,15,18H,5-6,9-10,13-14H2/t15?,18?,22-/m0/s1. The van der Waals surface area contributed by atoms with E-state index in [0.29, 0.717) is 17.6 Å². The van der Waals surface area contributed by atoms with Crippen molar-refractivity contribution in [2.45, 2.75) is 48.8 Å². The van der Waals surface area contributed by atoms with E-state index in [1.165, 1.54) is 11.1 Å². The highest BCUT2D eigenvalue weighted by atomic mass is 79.9. The lowest BCUT2D eigenvalue weighted by Crippen LogP contribution is -2.44. The Bertz CT molecular complexity index is 777. The molecule has 0 amide bonds. The van der Waals surface area contributed by atoms with Gasteiger partial charge in [0.05, 0.1) is 4.32 Å². The van der Waals surface area contributed by atoms with E-state index in [0.717, 1.165) is 49.1 Å². The third-order valence-corrected chi connectivity index (χ3v) is 7.77. The number of ketones is 1. The lowest BCUT2D eigenvalue weighted by molar-refractivity contribution is 0.0866. The minimum Gasteiger partial charge on any atom is -0.293 e. The van der Waals surface area contributed by atoms with Crippen molar-refractivity contribution in [1.82, 2.24) is 0 Å². The molecule has 0 spiro atoms. The lowest BCUT2D eigenvalue weighted by atomic mass is 9.68. The number of carbonyl (C=O) groups excluding carboxylic acids is 1. The van der Waals surface area contributed by atoms with Crippen LogP contribution in [0.15, 0.2) is 48.5 Å². The number of aryl methyl sites for hydroxylation is 1. The fourth-order valence-electron chi connectivity index (χ4n) is 4.62. The van der Waals surface area contributed by atoms with Gasteiger partial charge in [0.15, 0.2) is 5.78 Å². The maximum atomic E-state index is 13.2. The largest absolute Gasteiger partial charge is 0.293 e. The molecular weight excluding hydrogens is 396 g/mol. The Balaban J connectivity index is 1.49. The number of benzene rings is 2. The molecule has 0 unspecified atom stereocenters. The topological polar surface area (TPSA) is 17.1 Å². The van der Waals surface area contributed by atoms with Crippen molar-refractivity contribution in [3.63, 3.8) is 0 Å². The predicted molar refractivity (Wildman–Crippen MR) is 107 cm³/mol. The van der Waals surface area contributed by atoms with Gasteiger partial charge in [0.25, 0.3) is 0 Å². The minimum absolute atomic E-state index is 0.296. The van der Waals surface area contributed by atoms with Gasteiger partial charge < -0.3 is 0 Å². The van der Waals surface area contributed by atoms with Gasteiger partial charge in [-0.25, -0.2) is 0 Å². The first kappa shape index (κ1) is 17.3. The second-order valence-electron chi connectivity index (χ2n) is 7.45. The zero-order valence-electron chi connectivity index (χ0n) is 14.2. The first-order chi connectivity index (χ1) is 12.1. The molecule has 0 heterocycles. The van der Waals surface area contributed by atoms with Crippen LogP contribution in [0.4, 0.5) is 0 Å². The number of halogens is 2. The quantitative estimate of drug-likeness (QED) is 0.505. The monoisotopic (exact) mass is 416 g/mol. The normalized spacial score (nSPS) is 29.3. The first-order valence-electron chi connectivity index (χ1n) is 9.15. The van der Waals surface area contributed by atoms with Crippen LogP contribution in [0, 0.1) is 5.92 Å². The molecule has 0 N–H and O–H groups in total. The van der Waals surface area contributed by atoms with Crippen LogP contribution in [-0.2, 0) is 6.42 Å². The van der Waals surface area contributed by atoms with Crippen molar-refractivity contribution in [3.05, 3.63) is 70.2 Å². The highest BCUT2D eigenvalue weighted by Crippen LogP contribution is 2.48. The molecule has 1 nitrogen and oxygen atoms in total. The van der Waals surface area contributed by atoms with E-state index in [-0.39, 0.29) is 4.32 Å². The van der Waals surface area contributed by atoms with Crippen LogP contribution >= 0.6 is 27.5 Å². The lowest BCUT2D eigenvalue weighted by Gasteiger charge is -2.41. The zero-order valence-corrected chi connectivity index (χ0v) is 16.5. The van der Waals surface area contributed by atoms with E-state index in [1.807, 2.05) is 30.3 Å². The first-order valence-corrected chi connectivity index (χ1v) is 10.3. The summed E-state index contributed by atoms with van der Waals surface area (Å²) in [5.41, 5.74) is 3.51. The van der Waals surface area contributed by atoms with Gasteiger partial charge in [-0.2, -0.15) is 0 Å². The second kappa shape index (κ2) is 6.89. The summed E-state index contributed by atoms with van der Waals surface area (Å²) in [6.07, 6.45) is 6.41. The van der Waals surface area contributed by atoms with Crippen LogP contribution in [0.3, 0.4) is 0 Å². The van der Waals surface area contributed by atoms with Crippen molar-refractivity contribution < 1.29 is 4.79 Å². The SMILES string of the molecule is O=C1c2ccccc2CC[C@]1(Br)C1CCC(c2ccc(Cl)cc2)CC1. The molecular formula is C22H22BrClO. The second-order valence-corrected chi connectivity index (χ2v) is 9.30. The summed E-state index contributed by atoms with van der Waals surface area (Å²) in [6.45, 7) is 0. The Kier molecular flexibility index (Phi) is 4.77. The van der Waals surface area contributed by atoms with Crippen molar-refractivity contribution in [1.29, 1.82) is 0 Å². The Morgan fingerprint density at radius 2 is 1.64 bits per heavy atom. The van der Waals surface area contributed by atoms with Gasteiger partial charge in [0.1, 0.15) is 0 Å². The Morgan fingerprint density at radius 1 is 0.960 bits per heavy atom. The fourth-order valence-corrected chi connectivity index (χ4v) is 5.62. The summed E-state index contributed by atoms with van der Waals surface area (Å²) in [5, 5.41) is 0.795. The van der Waals surface area contributed by atoms with E-state index in [9.17, 15) is 4.79 Å². The summed E-state index contributed by atoms with van der Waals surface area (Å²) in [4.78, 5) is 13.2. The maximum absolute atomic E-state index is 13.2.